The lowest BCUT2D eigenvalue weighted by molar-refractivity contribution is -0.268. The number of benzene rings is 3. The van der Waals surface area contributed by atoms with Crippen molar-refractivity contribution in [3.8, 4) is 0 Å². The molecule has 1 aliphatic rings. The minimum Gasteiger partial charge on any atom is -0.530 e. The van der Waals surface area contributed by atoms with E-state index in [1.165, 1.54) is 15.8 Å². The van der Waals surface area contributed by atoms with E-state index >= 15 is 0 Å². The van der Waals surface area contributed by atoms with Gasteiger partial charge in [0.25, 0.3) is 0 Å². The monoisotopic (exact) mass is 539 g/mol. The zero-order chi connectivity index (χ0) is 27.7. The first-order chi connectivity index (χ1) is 19.6. The van der Waals surface area contributed by atoms with Crippen molar-refractivity contribution in [1.29, 1.82) is 0 Å². The number of nitrogens with zero attached hydrogens (tertiary/aromatic N) is 4. The molecule has 2 atom stereocenters. The molecule has 208 valence electrons. The van der Waals surface area contributed by atoms with Gasteiger partial charge in [0.15, 0.2) is 0 Å². The lowest BCUT2D eigenvalue weighted by Crippen LogP contribution is -2.51. The number of ether oxygens (including phenoxy) is 2. The summed E-state index contributed by atoms with van der Waals surface area (Å²) in [6.45, 7) is 3.08. The second kappa shape index (κ2) is 13.4. The highest BCUT2D eigenvalue weighted by Gasteiger charge is 2.32. The highest BCUT2D eigenvalue weighted by molar-refractivity contribution is 5.82. The van der Waals surface area contributed by atoms with Gasteiger partial charge in [0.1, 0.15) is 6.09 Å². The third-order valence-electron chi connectivity index (χ3n) is 7.42. The number of amides is 1. The molecule has 1 saturated heterocycles. The molecule has 2 heterocycles. The van der Waals surface area contributed by atoms with E-state index < -0.39 is 6.09 Å². The Morgan fingerprint density at radius 2 is 1.73 bits per heavy atom. The van der Waals surface area contributed by atoms with E-state index in [1.54, 1.807) is 0 Å². The van der Waals surface area contributed by atoms with E-state index in [-0.39, 0.29) is 18.6 Å². The first-order valence-corrected chi connectivity index (χ1v) is 13.8. The molecule has 0 spiro atoms. The molecular weight excluding hydrogens is 504 g/mol. The third-order valence-corrected chi connectivity index (χ3v) is 7.42. The molecule has 3 aromatic carbocycles. The fraction of sp³-hybridized carbons (Fsp3) is 0.344. The third kappa shape index (κ3) is 7.14. The number of fused-ring (bicyclic) bond motifs is 1. The van der Waals surface area contributed by atoms with Crippen LogP contribution >= 0.6 is 0 Å². The van der Waals surface area contributed by atoms with E-state index in [9.17, 15) is 9.90 Å². The summed E-state index contributed by atoms with van der Waals surface area (Å²) < 4.78 is 12.1. The highest BCUT2D eigenvalue weighted by atomic mass is 16.5. The average Bonchev–Trinajstić information content (AvgIpc) is 3.00. The van der Waals surface area contributed by atoms with Crippen molar-refractivity contribution in [3.05, 3.63) is 102 Å². The largest absolute Gasteiger partial charge is 0.530 e. The summed E-state index contributed by atoms with van der Waals surface area (Å²) in [5.74, 6) is 0.634. The standard InChI is InChI=1S/C32H36N4O4/c1-35(15-7-17-39-22-24-8-3-2-4-9-24)31-33-19-28(20-34-31)29-14-16-36(32(37)38)21-30(29)40-23-25-12-13-26-10-5-6-11-27(26)18-25/h2-6,8-13,18-20,29-30H,7,14-17,21-23H2,1H3,(H,37,38)/p-1. The zero-order valence-corrected chi connectivity index (χ0v) is 22.8. The molecule has 40 heavy (non-hydrogen) atoms. The quantitative estimate of drug-likeness (QED) is 0.261. The molecule has 1 aliphatic heterocycles. The Kier molecular flexibility index (Phi) is 9.21. The molecule has 0 radical (unpaired) electrons. The second-order valence-electron chi connectivity index (χ2n) is 10.3. The SMILES string of the molecule is CN(CCCOCc1ccccc1)c1ncc(C2CCN(C(=O)[O-])CC2OCc2ccc3ccccc3c2)cn1. The molecule has 5 rings (SSSR count). The van der Waals surface area contributed by atoms with Gasteiger partial charge in [-0.25, -0.2) is 9.97 Å². The molecule has 1 amide bonds. The lowest BCUT2D eigenvalue weighted by Gasteiger charge is -2.39. The van der Waals surface area contributed by atoms with Crippen molar-refractivity contribution >= 4 is 22.8 Å². The van der Waals surface area contributed by atoms with Crippen LogP contribution in [0.3, 0.4) is 0 Å². The van der Waals surface area contributed by atoms with Gasteiger partial charge < -0.3 is 29.2 Å². The minimum atomic E-state index is -1.17. The van der Waals surface area contributed by atoms with Gasteiger partial charge in [-0.3, -0.25) is 0 Å². The molecule has 1 aromatic heterocycles. The maximum atomic E-state index is 11.6. The number of aromatic nitrogens is 2. The Labute approximate surface area is 235 Å². The predicted octanol–water partition coefficient (Wildman–Crippen LogP) is 4.39. The molecule has 0 bridgehead atoms. The number of piperidine rings is 1. The summed E-state index contributed by atoms with van der Waals surface area (Å²) >= 11 is 0. The molecule has 0 saturated carbocycles. The first kappa shape index (κ1) is 27.6. The van der Waals surface area contributed by atoms with Gasteiger partial charge in [-0.1, -0.05) is 66.7 Å². The summed E-state index contributed by atoms with van der Waals surface area (Å²) in [6.07, 6.45) is 3.67. The van der Waals surface area contributed by atoms with E-state index in [4.69, 9.17) is 9.47 Å². The Balaban J connectivity index is 1.17. The fourth-order valence-corrected chi connectivity index (χ4v) is 5.15. The van der Waals surface area contributed by atoms with Crippen LogP contribution in [0.1, 0.15) is 35.4 Å². The van der Waals surface area contributed by atoms with Crippen LogP contribution < -0.4 is 10.0 Å². The molecule has 4 aromatic rings. The predicted molar refractivity (Wildman–Crippen MR) is 153 cm³/mol. The van der Waals surface area contributed by atoms with Crippen LogP contribution in [0.25, 0.3) is 10.8 Å². The van der Waals surface area contributed by atoms with Crippen molar-refractivity contribution in [2.24, 2.45) is 0 Å². The van der Waals surface area contributed by atoms with Crippen LogP contribution in [0.5, 0.6) is 0 Å². The summed E-state index contributed by atoms with van der Waals surface area (Å²) in [4.78, 5) is 24.2. The van der Waals surface area contributed by atoms with Crippen molar-refractivity contribution in [1.82, 2.24) is 14.9 Å². The van der Waals surface area contributed by atoms with Crippen LogP contribution in [0.2, 0.25) is 0 Å². The van der Waals surface area contributed by atoms with Crippen molar-refractivity contribution in [3.63, 3.8) is 0 Å². The number of anilines is 1. The number of carboxylic acid groups (broad SMARTS) is 1. The molecule has 8 heteroatoms. The average molecular weight is 540 g/mol. The Hall–Kier alpha value is -4.01. The summed E-state index contributed by atoms with van der Waals surface area (Å²) in [7, 11) is 1.97. The number of hydrogen-bond donors (Lipinski definition) is 0. The Morgan fingerprint density at radius 3 is 2.50 bits per heavy atom. The second-order valence-corrected chi connectivity index (χ2v) is 10.3. The molecule has 1 fully saturated rings. The highest BCUT2D eigenvalue weighted by Crippen LogP contribution is 2.31. The molecule has 8 nitrogen and oxygen atoms in total. The number of hydrogen-bond acceptors (Lipinski definition) is 7. The fourth-order valence-electron chi connectivity index (χ4n) is 5.15. The van der Waals surface area contributed by atoms with Crippen molar-refractivity contribution < 1.29 is 19.4 Å². The lowest BCUT2D eigenvalue weighted by atomic mass is 9.88. The number of likely N-dealkylation sites (tertiary alicyclic amines) is 1. The Bertz CT molecular complexity index is 1380. The van der Waals surface area contributed by atoms with Crippen LogP contribution in [0.4, 0.5) is 10.7 Å². The maximum absolute atomic E-state index is 11.6. The minimum absolute atomic E-state index is 0.0122. The zero-order valence-electron chi connectivity index (χ0n) is 22.8. The number of rotatable bonds is 11. The number of carbonyl (C=O) groups is 1. The molecular formula is C32H35N4O4-. The van der Waals surface area contributed by atoms with E-state index in [1.807, 2.05) is 54.7 Å². The summed E-state index contributed by atoms with van der Waals surface area (Å²) in [5.41, 5.74) is 3.16. The smallest absolute Gasteiger partial charge is 0.224 e. The molecule has 0 aliphatic carbocycles. The topological polar surface area (TPSA) is 90.9 Å². The van der Waals surface area contributed by atoms with E-state index in [0.717, 1.165) is 29.5 Å². The first-order valence-electron chi connectivity index (χ1n) is 13.8. The van der Waals surface area contributed by atoms with Crippen LogP contribution in [-0.4, -0.2) is 60.4 Å². The van der Waals surface area contributed by atoms with Crippen LogP contribution in [-0.2, 0) is 22.7 Å². The van der Waals surface area contributed by atoms with E-state index in [2.05, 4.69) is 52.4 Å². The van der Waals surface area contributed by atoms with Gasteiger partial charge in [0.2, 0.25) is 5.95 Å². The van der Waals surface area contributed by atoms with E-state index in [0.29, 0.717) is 38.7 Å². The molecule has 0 N–H and O–H groups in total. The molecule has 2 unspecified atom stereocenters. The van der Waals surface area contributed by atoms with Crippen molar-refractivity contribution in [2.45, 2.75) is 38.1 Å². The summed E-state index contributed by atoms with van der Waals surface area (Å²) in [6, 6.07) is 24.6. The van der Waals surface area contributed by atoms with Crippen molar-refractivity contribution in [2.75, 3.05) is 38.2 Å². The van der Waals surface area contributed by atoms with Gasteiger partial charge in [-0.05, 0) is 46.4 Å². The van der Waals surface area contributed by atoms with Crippen LogP contribution in [0, 0.1) is 0 Å². The van der Waals surface area contributed by atoms with Gasteiger partial charge in [-0.2, -0.15) is 0 Å². The van der Waals surface area contributed by atoms with Gasteiger partial charge in [0.05, 0.1) is 19.3 Å². The van der Waals surface area contributed by atoms with Gasteiger partial charge in [-0.15, -0.1) is 0 Å². The number of carbonyl (C=O) groups excluding carboxylic acids is 1. The normalized spacial score (nSPS) is 17.2. The van der Waals surface area contributed by atoms with Gasteiger partial charge >= 0.3 is 0 Å². The maximum Gasteiger partial charge on any atom is 0.224 e. The summed E-state index contributed by atoms with van der Waals surface area (Å²) in [5, 5.41) is 13.9. The van der Waals surface area contributed by atoms with Crippen LogP contribution in [0.15, 0.2) is 85.2 Å². The van der Waals surface area contributed by atoms with Gasteiger partial charge in [0, 0.05) is 51.6 Å². The Morgan fingerprint density at radius 1 is 0.975 bits per heavy atom.